The molecule has 0 bridgehead atoms. The van der Waals surface area contributed by atoms with E-state index in [2.05, 4.69) is 19.1 Å². The number of amides is 1. The lowest BCUT2D eigenvalue weighted by Crippen LogP contribution is -2.34. The van der Waals surface area contributed by atoms with Crippen LogP contribution in [0.3, 0.4) is 0 Å². The number of hydrogen-bond acceptors (Lipinski definition) is 4. The number of benzene rings is 1. The molecule has 2 aromatic rings. The van der Waals surface area contributed by atoms with Gasteiger partial charge in [0.1, 0.15) is 0 Å². The van der Waals surface area contributed by atoms with Gasteiger partial charge in [0, 0.05) is 28.8 Å². The Hall–Kier alpha value is -1.72. The van der Waals surface area contributed by atoms with E-state index >= 15 is 0 Å². The van der Waals surface area contributed by atoms with E-state index in [4.69, 9.17) is 10.2 Å². The SMILES string of the molecule is CC1CC(CN)CN1C(=O)c1occc1CSc1ccccc1. The van der Waals surface area contributed by atoms with Crippen molar-refractivity contribution in [3.8, 4) is 0 Å². The summed E-state index contributed by atoms with van der Waals surface area (Å²) in [5.41, 5.74) is 6.71. The Labute approximate surface area is 141 Å². The summed E-state index contributed by atoms with van der Waals surface area (Å²) in [6, 6.07) is 12.3. The average Bonchev–Trinajstić information content (AvgIpc) is 3.19. The molecule has 1 aliphatic rings. The molecule has 0 spiro atoms. The van der Waals surface area contributed by atoms with Gasteiger partial charge >= 0.3 is 0 Å². The van der Waals surface area contributed by atoms with E-state index in [9.17, 15) is 4.79 Å². The fourth-order valence-electron chi connectivity index (χ4n) is 3.04. The second-order valence-corrected chi connectivity index (χ2v) is 7.07. The highest BCUT2D eigenvalue weighted by Crippen LogP contribution is 2.28. The van der Waals surface area contributed by atoms with E-state index in [1.54, 1.807) is 18.0 Å². The van der Waals surface area contributed by atoms with Gasteiger partial charge in [-0.3, -0.25) is 4.79 Å². The normalized spacial score (nSPS) is 20.9. The minimum Gasteiger partial charge on any atom is -0.459 e. The summed E-state index contributed by atoms with van der Waals surface area (Å²) in [5.74, 6) is 1.58. The molecule has 5 heteroatoms. The second-order valence-electron chi connectivity index (χ2n) is 6.02. The lowest BCUT2D eigenvalue weighted by atomic mass is 10.1. The first-order valence-electron chi connectivity index (χ1n) is 7.94. The van der Waals surface area contributed by atoms with Crippen molar-refractivity contribution < 1.29 is 9.21 Å². The number of nitrogens with two attached hydrogens (primary N) is 1. The highest BCUT2D eigenvalue weighted by Gasteiger charge is 2.34. The average molecular weight is 330 g/mol. The van der Waals surface area contributed by atoms with Gasteiger partial charge in [-0.15, -0.1) is 11.8 Å². The molecule has 2 heterocycles. The zero-order chi connectivity index (χ0) is 16.2. The van der Waals surface area contributed by atoms with Crippen LogP contribution in [0.5, 0.6) is 0 Å². The molecule has 1 amide bonds. The Morgan fingerprint density at radius 3 is 2.83 bits per heavy atom. The quantitative estimate of drug-likeness (QED) is 0.854. The van der Waals surface area contributed by atoms with Crippen LogP contribution in [0.4, 0.5) is 0 Å². The minimum atomic E-state index is -0.0119. The lowest BCUT2D eigenvalue weighted by Gasteiger charge is -2.20. The first-order valence-corrected chi connectivity index (χ1v) is 8.93. The van der Waals surface area contributed by atoms with E-state index < -0.39 is 0 Å². The molecular weight excluding hydrogens is 308 g/mol. The standard InChI is InChI=1S/C18H22N2O2S/c1-13-9-14(10-19)11-20(13)18(21)17-15(7-8-22-17)12-23-16-5-3-2-4-6-16/h2-8,13-14H,9-12,19H2,1H3. The van der Waals surface area contributed by atoms with Gasteiger partial charge in [0.15, 0.2) is 5.76 Å². The zero-order valence-electron chi connectivity index (χ0n) is 13.3. The molecular formula is C18H22N2O2S. The number of furan rings is 1. The third-order valence-electron chi connectivity index (χ3n) is 4.33. The third-order valence-corrected chi connectivity index (χ3v) is 5.39. The van der Waals surface area contributed by atoms with Gasteiger partial charge in [0.2, 0.25) is 0 Å². The largest absolute Gasteiger partial charge is 0.459 e. The van der Waals surface area contributed by atoms with Crippen LogP contribution in [0.1, 0.15) is 29.5 Å². The van der Waals surface area contributed by atoms with Gasteiger partial charge in [0.25, 0.3) is 5.91 Å². The summed E-state index contributed by atoms with van der Waals surface area (Å²) >= 11 is 1.71. The van der Waals surface area contributed by atoms with Crippen molar-refractivity contribution in [3.05, 3.63) is 54.0 Å². The van der Waals surface area contributed by atoms with Crippen molar-refractivity contribution >= 4 is 17.7 Å². The number of carbonyl (C=O) groups is 1. The fraction of sp³-hybridized carbons (Fsp3) is 0.389. The van der Waals surface area contributed by atoms with Crippen molar-refractivity contribution in [2.75, 3.05) is 13.1 Å². The van der Waals surface area contributed by atoms with Gasteiger partial charge in [0.05, 0.1) is 6.26 Å². The molecule has 23 heavy (non-hydrogen) atoms. The van der Waals surface area contributed by atoms with Crippen LogP contribution in [0.15, 0.2) is 52.0 Å². The summed E-state index contributed by atoms with van der Waals surface area (Å²) in [6.07, 6.45) is 2.58. The monoisotopic (exact) mass is 330 g/mol. The highest BCUT2D eigenvalue weighted by molar-refractivity contribution is 7.98. The molecule has 3 rings (SSSR count). The predicted molar refractivity (Wildman–Crippen MR) is 92.4 cm³/mol. The van der Waals surface area contributed by atoms with Gasteiger partial charge in [-0.05, 0) is 44.0 Å². The Bertz CT molecular complexity index is 656. The number of thioether (sulfide) groups is 1. The van der Waals surface area contributed by atoms with Crippen LogP contribution in [0.2, 0.25) is 0 Å². The van der Waals surface area contributed by atoms with Crippen molar-refractivity contribution in [2.24, 2.45) is 11.7 Å². The third kappa shape index (κ3) is 3.62. The van der Waals surface area contributed by atoms with Crippen molar-refractivity contribution in [1.29, 1.82) is 0 Å². The molecule has 2 atom stereocenters. The first kappa shape index (κ1) is 16.1. The highest BCUT2D eigenvalue weighted by atomic mass is 32.2. The fourth-order valence-corrected chi connectivity index (χ4v) is 3.94. The van der Waals surface area contributed by atoms with E-state index in [-0.39, 0.29) is 11.9 Å². The summed E-state index contributed by atoms with van der Waals surface area (Å²) in [6.45, 7) is 3.43. The van der Waals surface area contributed by atoms with Crippen molar-refractivity contribution in [1.82, 2.24) is 4.90 Å². The van der Waals surface area contributed by atoms with Gasteiger partial charge in [-0.1, -0.05) is 18.2 Å². The Kier molecular flexibility index (Phi) is 5.08. The maximum absolute atomic E-state index is 12.8. The summed E-state index contributed by atoms with van der Waals surface area (Å²) in [7, 11) is 0. The van der Waals surface area contributed by atoms with E-state index in [0.29, 0.717) is 18.2 Å². The Balaban J connectivity index is 1.69. The molecule has 0 radical (unpaired) electrons. The Morgan fingerprint density at radius 2 is 2.13 bits per heavy atom. The molecule has 4 nitrogen and oxygen atoms in total. The predicted octanol–water partition coefficient (Wildman–Crippen LogP) is 3.38. The molecule has 1 aliphatic heterocycles. The molecule has 2 unspecified atom stereocenters. The van der Waals surface area contributed by atoms with Crippen LogP contribution in [0.25, 0.3) is 0 Å². The van der Waals surface area contributed by atoms with Crippen molar-refractivity contribution in [2.45, 2.75) is 30.0 Å². The number of likely N-dealkylation sites (tertiary alicyclic amines) is 1. The van der Waals surface area contributed by atoms with E-state index in [1.807, 2.05) is 29.2 Å². The number of nitrogens with zero attached hydrogens (tertiary/aromatic N) is 1. The molecule has 1 saturated heterocycles. The second kappa shape index (κ2) is 7.23. The molecule has 1 aromatic heterocycles. The lowest BCUT2D eigenvalue weighted by molar-refractivity contribution is 0.0710. The molecule has 1 fully saturated rings. The summed E-state index contributed by atoms with van der Waals surface area (Å²) in [5, 5.41) is 0. The van der Waals surface area contributed by atoms with E-state index in [0.717, 1.165) is 24.3 Å². The van der Waals surface area contributed by atoms with E-state index in [1.165, 1.54) is 4.90 Å². The maximum Gasteiger partial charge on any atom is 0.290 e. The van der Waals surface area contributed by atoms with Gasteiger partial charge in [-0.2, -0.15) is 0 Å². The van der Waals surface area contributed by atoms with Gasteiger partial charge in [-0.25, -0.2) is 0 Å². The van der Waals surface area contributed by atoms with Crippen LogP contribution in [-0.2, 0) is 5.75 Å². The number of carbonyl (C=O) groups excluding carboxylic acids is 1. The summed E-state index contributed by atoms with van der Waals surface area (Å²) < 4.78 is 5.51. The van der Waals surface area contributed by atoms with Crippen LogP contribution in [0, 0.1) is 5.92 Å². The van der Waals surface area contributed by atoms with Crippen LogP contribution >= 0.6 is 11.8 Å². The Morgan fingerprint density at radius 1 is 1.35 bits per heavy atom. The van der Waals surface area contributed by atoms with Crippen LogP contribution < -0.4 is 5.73 Å². The molecule has 0 saturated carbocycles. The smallest absolute Gasteiger partial charge is 0.290 e. The topological polar surface area (TPSA) is 59.5 Å². The number of hydrogen-bond donors (Lipinski definition) is 1. The number of rotatable bonds is 5. The molecule has 2 N–H and O–H groups in total. The van der Waals surface area contributed by atoms with Gasteiger partial charge < -0.3 is 15.1 Å². The molecule has 1 aromatic carbocycles. The maximum atomic E-state index is 12.8. The molecule has 122 valence electrons. The minimum absolute atomic E-state index is 0.0119. The van der Waals surface area contributed by atoms with Crippen molar-refractivity contribution in [3.63, 3.8) is 0 Å². The van der Waals surface area contributed by atoms with Crippen LogP contribution in [-0.4, -0.2) is 29.9 Å². The summed E-state index contributed by atoms with van der Waals surface area (Å²) in [4.78, 5) is 15.9. The molecule has 0 aliphatic carbocycles. The first-order chi connectivity index (χ1) is 11.2. The zero-order valence-corrected chi connectivity index (χ0v) is 14.1.